The highest BCUT2D eigenvalue weighted by molar-refractivity contribution is 7.89. The third kappa shape index (κ3) is 4.38. The predicted molar refractivity (Wildman–Crippen MR) is 93.0 cm³/mol. The fourth-order valence-corrected chi connectivity index (χ4v) is 3.57. The van der Waals surface area contributed by atoms with E-state index in [1.165, 1.54) is 11.4 Å². The summed E-state index contributed by atoms with van der Waals surface area (Å²) in [5, 5.41) is 0.781. The van der Waals surface area contributed by atoms with Gasteiger partial charge in [0.1, 0.15) is 6.61 Å². The lowest BCUT2D eigenvalue weighted by Gasteiger charge is -2.18. The smallest absolute Gasteiger partial charge is 0.242 e. The molecular formula is C16H17Cl2NO3S. The Balaban J connectivity index is 2.02. The Labute approximate surface area is 146 Å². The second kappa shape index (κ2) is 7.53. The zero-order valence-corrected chi connectivity index (χ0v) is 15.1. The van der Waals surface area contributed by atoms with Crippen LogP contribution in [-0.2, 0) is 10.0 Å². The molecule has 0 saturated heterocycles. The van der Waals surface area contributed by atoms with Crippen LogP contribution in [-0.4, -0.2) is 32.9 Å². The third-order valence-corrected chi connectivity index (χ3v) is 5.77. The van der Waals surface area contributed by atoms with Crippen molar-refractivity contribution >= 4 is 33.2 Å². The van der Waals surface area contributed by atoms with Gasteiger partial charge in [-0.2, -0.15) is 4.31 Å². The summed E-state index contributed by atoms with van der Waals surface area (Å²) in [4.78, 5) is 0.251. The highest BCUT2D eigenvalue weighted by atomic mass is 35.5. The number of hydrogen-bond acceptors (Lipinski definition) is 3. The molecule has 2 rings (SSSR count). The van der Waals surface area contributed by atoms with E-state index in [9.17, 15) is 8.42 Å². The van der Waals surface area contributed by atoms with Gasteiger partial charge >= 0.3 is 0 Å². The van der Waals surface area contributed by atoms with E-state index in [2.05, 4.69) is 0 Å². The molecule has 0 saturated carbocycles. The lowest BCUT2D eigenvalue weighted by Crippen LogP contribution is -2.31. The number of para-hydroxylation sites is 1. The van der Waals surface area contributed by atoms with Crippen molar-refractivity contribution in [2.24, 2.45) is 0 Å². The van der Waals surface area contributed by atoms with Gasteiger partial charge in [0, 0.05) is 13.6 Å². The minimum Gasteiger partial charge on any atom is -0.489 e. The first-order chi connectivity index (χ1) is 10.8. The molecule has 0 bridgehead atoms. The van der Waals surface area contributed by atoms with Crippen LogP contribution in [0.15, 0.2) is 47.4 Å². The largest absolute Gasteiger partial charge is 0.489 e. The van der Waals surface area contributed by atoms with Gasteiger partial charge in [-0.1, -0.05) is 47.0 Å². The number of nitrogens with zero attached hydrogens (tertiary/aromatic N) is 1. The Morgan fingerprint density at radius 1 is 1.04 bits per heavy atom. The molecule has 0 spiro atoms. The van der Waals surface area contributed by atoms with Gasteiger partial charge in [-0.15, -0.1) is 0 Å². The summed E-state index contributed by atoms with van der Waals surface area (Å²) in [6.45, 7) is 2.23. The summed E-state index contributed by atoms with van der Waals surface area (Å²) in [5.41, 5.74) is 1.00. The molecule has 0 amide bonds. The SMILES string of the molecule is Cc1ccc(S(=O)(=O)N(C)CCOc2c(Cl)cccc2Cl)cc1. The summed E-state index contributed by atoms with van der Waals surface area (Å²) in [5.74, 6) is 0.358. The molecule has 2 aromatic rings. The van der Waals surface area contributed by atoms with Gasteiger partial charge in [0.05, 0.1) is 14.9 Å². The second-order valence-corrected chi connectivity index (χ2v) is 7.90. The van der Waals surface area contributed by atoms with Crippen molar-refractivity contribution < 1.29 is 13.2 Å². The zero-order chi connectivity index (χ0) is 17.0. The molecule has 23 heavy (non-hydrogen) atoms. The molecular weight excluding hydrogens is 357 g/mol. The Hall–Kier alpha value is -1.27. The zero-order valence-electron chi connectivity index (χ0n) is 12.8. The van der Waals surface area contributed by atoms with Crippen LogP contribution in [0.4, 0.5) is 0 Å². The van der Waals surface area contributed by atoms with Crippen molar-refractivity contribution in [2.45, 2.75) is 11.8 Å². The fraction of sp³-hybridized carbons (Fsp3) is 0.250. The van der Waals surface area contributed by atoms with Crippen molar-refractivity contribution in [2.75, 3.05) is 20.2 Å². The van der Waals surface area contributed by atoms with E-state index in [0.717, 1.165) is 5.56 Å². The first-order valence-corrected chi connectivity index (χ1v) is 9.12. The average molecular weight is 374 g/mol. The summed E-state index contributed by atoms with van der Waals surface area (Å²) in [7, 11) is -2.04. The lowest BCUT2D eigenvalue weighted by atomic mass is 10.2. The Morgan fingerprint density at radius 2 is 1.61 bits per heavy atom. The van der Waals surface area contributed by atoms with E-state index in [4.69, 9.17) is 27.9 Å². The maximum atomic E-state index is 12.4. The standard InChI is InChI=1S/C16H17Cl2NO3S/c1-12-6-8-13(9-7-12)23(20,21)19(2)10-11-22-16-14(17)4-3-5-15(16)18/h3-9H,10-11H2,1-2H3. The monoisotopic (exact) mass is 373 g/mol. The van der Waals surface area contributed by atoms with Crippen molar-refractivity contribution in [3.63, 3.8) is 0 Å². The number of halogens is 2. The van der Waals surface area contributed by atoms with E-state index >= 15 is 0 Å². The van der Waals surface area contributed by atoms with E-state index in [1.807, 2.05) is 6.92 Å². The van der Waals surface area contributed by atoms with Crippen LogP contribution in [0.5, 0.6) is 5.75 Å². The summed E-state index contributed by atoms with van der Waals surface area (Å²) in [6.07, 6.45) is 0. The molecule has 0 N–H and O–H groups in total. The molecule has 4 nitrogen and oxygen atoms in total. The predicted octanol–water partition coefficient (Wildman–Crippen LogP) is 4.00. The van der Waals surface area contributed by atoms with Crippen LogP contribution in [0.25, 0.3) is 0 Å². The van der Waals surface area contributed by atoms with Crippen molar-refractivity contribution in [1.82, 2.24) is 4.31 Å². The molecule has 2 aromatic carbocycles. The Bertz CT molecular complexity index is 756. The van der Waals surface area contributed by atoms with Crippen LogP contribution in [0, 0.1) is 6.92 Å². The van der Waals surface area contributed by atoms with Gasteiger partial charge in [0.2, 0.25) is 10.0 Å². The van der Waals surface area contributed by atoms with Crippen molar-refractivity contribution in [3.8, 4) is 5.75 Å². The van der Waals surface area contributed by atoms with Crippen molar-refractivity contribution in [3.05, 3.63) is 58.1 Å². The maximum absolute atomic E-state index is 12.4. The highest BCUT2D eigenvalue weighted by Crippen LogP contribution is 2.32. The maximum Gasteiger partial charge on any atom is 0.242 e. The van der Waals surface area contributed by atoms with Gasteiger partial charge < -0.3 is 4.74 Å². The number of sulfonamides is 1. The lowest BCUT2D eigenvalue weighted by molar-refractivity contribution is 0.287. The first kappa shape index (κ1) is 18.1. The number of benzene rings is 2. The van der Waals surface area contributed by atoms with E-state index in [-0.39, 0.29) is 18.0 Å². The minimum absolute atomic E-state index is 0.144. The average Bonchev–Trinajstić information content (AvgIpc) is 2.50. The van der Waals surface area contributed by atoms with Gasteiger partial charge in [0.15, 0.2) is 5.75 Å². The van der Waals surface area contributed by atoms with E-state index in [1.54, 1.807) is 42.5 Å². The Morgan fingerprint density at radius 3 is 2.17 bits per heavy atom. The van der Waals surface area contributed by atoms with E-state index in [0.29, 0.717) is 15.8 Å². The molecule has 0 unspecified atom stereocenters. The Kier molecular flexibility index (Phi) is 5.92. The molecule has 0 aliphatic carbocycles. The van der Waals surface area contributed by atoms with E-state index < -0.39 is 10.0 Å². The molecule has 0 heterocycles. The molecule has 7 heteroatoms. The third-order valence-electron chi connectivity index (χ3n) is 3.30. The highest BCUT2D eigenvalue weighted by Gasteiger charge is 2.20. The minimum atomic E-state index is -3.54. The molecule has 0 atom stereocenters. The van der Waals surface area contributed by atoms with Crippen LogP contribution in [0.2, 0.25) is 10.0 Å². The summed E-state index contributed by atoms with van der Waals surface area (Å²) in [6, 6.07) is 11.7. The molecule has 0 aliphatic heterocycles. The molecule has 0 fully saturated rings. The quantitative estimate of drug-likeness (QED) is 0.768. The number of rotatable bonds is 6. The number of ether oxygens (including phenoxy) is 1. The van der Waals surface area contributed by atoms with Crippen LogP contribution >= 0.6 is 23.2 Å². The van der Waals surface area contributed by atoms with Gasteiger partial charge in [-0.25, -0.2) is 8.42 Å². The normalized spacial score (nSPS) is 11.7. The van der Waals surface area contributed by atoms with Gasteiger partial charge in [-0.05, 0) is 31.2 Å². The number of likely N-dealkylation sites (N-methyl/N-ethyl adjacent to an activating group) is 1. The fourth-order valence-electron chi connectivity index (χ4n) is 1.91. The van der Waals surface area contributed by atoms with Crippen LogP contribution < -0.4 is 4.74 Å². The second-order valence-electron chi connectivity index (χ2n) is 5.04. The van der Waals surface area contributed by atoms with Crippen LogP contribution in [0.1, 0.15) is 5.56 Å². The molecule has 124 valence electrons. The molecule has 0 aliphatic rings. The summed E-state index contributed by atoms with van der Waals surface area (Å²) >= 11 is 12.0. The van der Waals surface area contributed by atoms with Crippen molar-refractivity contribution in [1.29, 1.82) is 0 Å². The first-order valence-electron chi connectivity index (χ1n) is 6.92. The summed E-state index contributed by atoms with van der Waals surface area (Å²) < 4.78 is 31.6. The van der Waals surface area contributed by atoms with Gasteiger partial charge in [-0.3, -0.25) is 0 Å². The number of aryl methyl sites for hydroxylation is 1. The molecule has 0 aromatic heterocycles. The number of hydrogen-bond donors (Lipinski definition) is 0. The molecule has 0 radical (unpaired) electrons. The topological polar surface area (TPSA) is 46.6 Å². The van der Waals surface area contributed by atoms with Gasteiger partial charge in [0.25, 0.3) is 0 Å². The van der Waals surface area contributed by atoms with Crippen LogP contribution in [0.3, 0.4) is 0 Å².